The van der Waals surface area contributed by atoms with Crippen LogP contribution in [0.4, 0.5) is 5.82 Å². The van der Waals surface area contributed by atoms with Crippen molar-refractivity contribution in [3.05, 3.63) is 77.2 Å². The number of benzene rings is 1. The van der Waals surface area contributed by atoms with Crippen LogP contribution in [-0.4, -0.2) is 50.7 Å². The van der Waals surface area contributed by atoms with Crippen molar-refractivity contribution < 1.29 is 0 Å². The van der Waals surface area contributed by atoms with Gasteiger partial charge in [0.15, 0.2) is 11.5 Å². The van der Waals surface area contributed by atoms with Crippen molar-refractivity contribution in [3.8, 4) is 17.3 Å². The fourth-order valence-electron chi connectivity index (χ4n) is 3.95. The van der Waals surface area contributed by atoms with Gasteiger partial charge in [-0.1, -0.05) is 23.7 Å². The highest BCUT2D eigenvalue weighted by atomic mass is 35.5. The van der Waals surface area contributed by atoms with E-state index in [9.17, 15) is 5.26 Å². The highest BCUT2D eigenvalue weighted by Gasteiger charge is 2.25. The quantitative estimate of drug-likeness (QED) is 0.493. The monoisotopic (exact) mass is 429 g/mol. The van der Waals surface area contributed by atoms with Crippen LogP contribution < -0.4 is 4.90 Å². The summed E-state index contributed by atoms with van der Waals surface area (Å²) in [6, 6.07) is 16.1. The molecule has 8 heteroatoms. The van der Waals surface area contributed by atoms with Gasteiger partial charge in [0.25, 0.3) is 0 Å². The van der Waals surface area contributed by atoms with Crippen LogP contribution in [0.2, 0.25) is 5.02 Å². The minimum Gasteiger partial charge on any atom is -0.351 e. The van der Waals surface area contributed by atoms with Crippen molar-refractivity contribution in [2.45, 2.75) is 6.54 Å². The number of rotatable bonds is 4. The maximum Gasteiger partial charge on any atom is 0.175 e. The van der Waals surface area contributed by atoms with E-state index in [1.54, 1.807) is 23.1 Å². The lowest BCUT2D eigenvalue weighted by Gasteiger charge is -2.34. The summed E-state index contributed by atoms with van der Waals surface area (Å²) < 4.78 is 1.75. The second kappa shape index (κ2) is 8.34. The summed E-state index contributed by atoms with van der Waals surface area (Å²) in [5.74, 6) is 0.692. The van der Waals surface area contributed by atoms with Crippen molar-refractivity contribution in [2.24, 2.45) is 0 Å². The summed E-state index contributed by atoms with van der Waals surface area (Å²) in [7, 11) is 0. The van der Waals surface area contributed by atoms with E-state index in [-0.39, 0.29) is 0 Å². The van der Waals surface area contributed by atoms with Crippen LogP contribution >= 0.6 is 11.6 Å². The molecule has 1 fully saturated rings. The predicted molar refractivity (Wildman–Crippen MR) is 120 cm³/mol. The lowest BCUT2D eigenvalue weighted by Crippen LogP contribution is -2.46. The van der Waals surface area contributed by atoms with E-state index in [1.165, 1.54) is 5.56 Å². The van der Waals surface area contributed by atoms with Gasteiger partial charge in [0, 0.05) is 61.9 Å². The molecule has 0 radical (unpaired) electrons. The molecule has 7 nitrogen and oxygen atoms in total. The van der Waals surface area contributed by atoms with Gasteiger partial charge in [0.1, 0.15) is 11.6 Å². The first-order valence-electron chi connectivity index (χ1n) is 10.1. The fourth-order valence-corrected chi connectivity index (χ4v) is 4.08. The number of anilines is 1. The first-order valence-corrected chi connectivity index (χ1v) is 10.5. The maximum absolute atomic E-state index is 9.86. The third-order valence-corrected chi connectivity index (χ3v) is 5.81. The minimum atomic E-state index is 0.511. The molecule has 0 saturated carbocycles. The number of hydrogen-bond donors (Lipinski definition) is 0. The molecule has 5 rings (SSSR count). The smallest absolute Gasteiger partial charge is 0.175 e. The molecule has 1 aliphatic rings. The summed E-state index contributed by atoms with van der Waals surface area (Å²) in [6.07, 6.45) is 5.24. The standard InChI is InChI=1S/C23H20ClN7/c24-19-5-3-17(4-6-19)16-29-10-12-30(13-11-29)23-20(14-25)22-27-9-7-21(31(22)28-23)18-2-1-8-26-15-18/h1-9,15H,10-13,16H2. The summed E-state index contributed by atoms with van der Waals surface area (Å²) in [6.45, 7) is 4.27. The Morgan fingerprint density at radius 3 is 2.52 bits per heavy atom. The largest absolute Gasteiger partial charge is 0.351 e. The van der Waals surface area contributed by atoms with Crippen LogP contribution in [-0.2, 0) is 6.54 Å². The minimum absolute atomic E-state index is 0.511. The molecule has 4 heterocycles. The Hall–Kier alpha value is -3.47. The van der Waals surface area contributed by atoms with E-state index in [0.29, 0.717) is 17.0 Å². The van der Waals surface area contributed by atoms with Gasteiger partial charge in [-0.2, -0.15) is 5.26 Å². The normalized spacial score (nSPS) is 14.6. The molecule has 0 unspecified atom stereocenters. The van der Waals surface area contributed by atoms with Crippen LogP contribution in [0.3, 0.4) is 0 Å². The SMILES string of the molecule is N#Cc1c(N2CCN(Cc3ccc(Cl)cc3)CC2)nn2c(-c3cccnc3)ccnc12. The first-order chi connectivity index (χ1) is 15.2. The fraction of sp³-hybridized carbons (Fsp3) is 0.217. The van der Waals surface area contributed by atoms with E-state index in [4.69, 9.17) is 16.7 Å². The van der Waals surface area contributed by atoms with Gasteiger partial charge in [-0.15, -0.1) is 5.10 Å². The van der Waals surface area contributed by atoms with Crippen LogP contribution in [0.25, 0.3) is 16.9 Å². The molecule has 0 aliphatic carbocycles. The number of pyridine rings is 1. The zero-order chi connectivity index (χ0) is 21.2. The van der Waals surface area contributed by atoms with Crippen LogP contribution in [0.5, 0.6) is 0 Å². The molecule has 154 valence electrons. The number of nitriles is 1. The maximum atomic E-state index is 9.86. The van der Waals surface area contributed by atoms with E-state index < -0.39 is 0 Å². The van der Waals surface area contributed by atoms with E-state index in [0.717, 1.165) is 49.0 Å². The molecule has 0 amide bonds. The Morgan fingerprint density at radius 2 is 1.81 bits per heavy atom. The number of fused-ring (bicyclic) bond motifs is 1. The second-order valence-corrected chi connectivity index (χ2v) is 7.94. The average Bonchev–Trinajstić information content (AvgIpc) is 3.20. The van der Waals surface area contributed by atoms with Crippen molar-refractivity contribution in [3.63, 3.8) is 0 Å². The van der Waals surface area contributed by atoms with Crippen molar-refractivity contribution in [2.75, 3.05) is 31.1 Å². The van der Waals surface area contributed by atoms with Gasteiger partial charge in [-0.3, -0.25) is 9.88 Å². The summed E-state index contributed by atoms with van der Waals surface area (Å²) in [5.41, 5.74) is 4.12. The van der Waals surface area contributed by atoms with Gasteiger partial charge in [0.05, 0.1) is 5.69 Å². The molecule has 0 N–H and O–H groups in total. The summed E-state index contributed by atoms with van der Waals surface area (Å²) in [4.78, 5) is 13.2. The molecule has 0 spiro atoms. The van der Waals surface area contributed by atoms with Crippen LogP contribution in [0.1, 0.15) is 11.1 Å². The van der Waals surface area contributed by atoms with Gasteiger partial charge < -0.3 is 4.90 Å². The van der Waals surface area contributed by atoms with Crippen molar-refractivity contribution >= 4 is 23.1 Å². The molecule has 31 heavy (non-hydrogen) atoms. The molecule has 0 bridgehead atoms. The third-order valence-electron chi connectivity index (χ3n) is 5.56. The Labute approximate surface area is 185 Å². The highest BCUT2D eigenvalue weighted by Crippen LogP contribution is 2.27. The molecule has 1 aromatic carbocycles. The number of piperazine rings is 1. The predicted octanol–water partition coefficient (Wildman–Crippen LogP) is 3.64. The second-order valence-electron chi connectivity index (χ2n) is 7.51. The average molecular weight is 430 g/mol. The number of nitrogens with zero attached hydrogens (tertiary/aromatic N) is 7. The molecular weight excluding hydrogens is 410 g/mol. The van der Waals surface area contributed by atoms with E-state index in [2.05, 4.69) is 38.0 Å². The van der Waals surface area contributed by atoms with Crippen molar-refractivity contribution in [1.29, 1.82) is 5.26 Å². The first kappa shape index (κ1) is 19.5. The molecular formula is C23H20ClN7. The lowest BCUT2D eigenvalue weighted by molar-refractivity contribution is 0.249. The lowest BCUT2D eigenvalue weighted by atomic mass is 10.2. The third kappa shape index (κ3) is 3.83. The van der Waals surface area contributed by atoms with E-state index in [1.807, 2.05) is 30.3 Å². The Bertz CT molecular complexity index is 1240. The molecule has 1 aliphatic heterocycles. The van der Waals surface area contributed by atoms with Crippen molar-refractivity contribution in [1.82, 2.24) is 24.5 Å². The Kier molecular flexibility index (Phi) is 5.24. The molecule has 0 atom stereocenters. The molecule has 1 saturated heterocycles. The van der Waals surface area contributed by atoms with Gasteiger partial charge in [-0.25, -0.2) is 9.50 Å². The van der Waals surface area contributed by atoms with E-state index >= 15 is 0 Å². The van der Waals surface area contributed by atoms with Gasteiger partial charge >= 0.3 is 0 Å². The Balaban J connectivity index is 1.39. The molecule has 4 aromatic rings. The molecule has 3 aromatic heterocycles. The summed E-state index contributed by atoms with van der Waals surface area (Å²) >= 11 is 5.99. The zero-order valence-corrected chi connectivity index (χ0v) is 17.6. The summed E-state index contributed by atoms with van der Waals surface area (Å²) in [5, 5.41) is 15.4. The highest BCUT2D eigenvalue weighted by molar-refractivity contribution is 6.30. The number of aromatic nitrogens is 4. The number of hydrogen-bond acceptors (Lipinski definition) is 6. The number of halogens is 1. The zero-order valence-electron chi connectivity index (χ0n) is 16.8. The van der Waals surface area contributed by atoms with Gasteiger partial charge in [0.2, 0.25) is 0 Å². The Morgan fingerprint density at radius 1 is 1.00 bits per heavy atom. The topological polar surface area (TPSA) is 73.4 Å². The van der Waals surface area contributed by atoms with Gasteiger partial charge in [-0.05, 0) is 35.9 Å². The van der Waals surface area contributed by atoms with Crippen LogP contribution in [0.15, 0.2) is 61.1 Å². The van der Waals surface area contributed by atoms with Crippen LogP contribution in [0, 0.1) is 11.3 Å².